The van der Waals surface area contributed by atoms with Crippen molar-refractivity contribution in [3.63, 3.8) is 0 Å². The molecule has 0 amide bonds. The van der Waals surface area contributed by atoms with Crippen molar-refractivity contribution in [2.75, 3.05) is 27.4 Å². The minimum atomic E-state index is -2.00. The molecule has 0 unspecified atom stereocenters. The highest BCUT2D eigenvalue weighted by Gasteiger charge is 2.50. The molecule has 0 saturated carbocycles. The molecule has 0 aromatic heterocycles. The van der Waals surface area contributed by atoms with Gasteiger partial charge in [-0.05, 0) is 13.8 Å². The summed E-state index contributed by atoms with van der Waals surface area (Å²) in [4.78, 5) is 48.4. The predicted molar refractivity (Wildman–Crippen MR) is 87.2 cm³/mol. The molecule has 0 bridgehead atoms. The Labute approximate surface area is 146 Å². The van der Waals surface area contributed by atoms with E-state index in [2.05, 4.69) is 13.2 Å². The third kappa shape index (κ3) is 5.74. The second-order valence-corrected chi connectivity index (χ2v) is 5.07. The van der Waals surface area contributed by atoms with Gasteiger partial charge in [0.25, 0.3) is 0 Å². The largest absolute Gasteiger partial charge is 0.468 e. The molecule has 140 valence electrons. The molecule has 8 nitrogen and oxygen atoms in total. The summed E-state index contributed by atoms with van der Waals surface area (Å²) >= 11 is 0. The second-order valence-electron chi connectivity index (χ2n) is 5.07. The van der Waals surface area contributed by atoms with Gasteiger partial charge in [-0.25, -0.2) is 9.59 Å². The molecule has 0 radical (unpaired) electrons. The van der Waals surface area contributed by atoms with Gasteiger partial charge >= 0.3 is 23.9 Å². The Kier molecular flexibility index (Phi) is 9.19. The Hall–Kier alpha value is -2.64. The molecule has 8 heteroatoms. The summed E-state index contributed by atoms with van der Waals surface area (Å²) in [5, 5.41) is 0. The van der Waals surface area contributed by atoms with E-state index in [1.165, 1.54) is 0 Å². The first-order chi connectivity index (χ1) is 11.7. The first-order valence-electron chi connectivity index (χ1n) is 7.56. The number of carbonyl (C=O) groups is 4. The van der Waals surface area contributed by atoms with Crippen molar-refractivity contribution >= 4 is 23.9 Å². The molecule has 0 rings (SSSR count). The molecule has 0 aliphatic heterocycles. The molecular formula is C17H24O8. The highest BCUT2D eigenvalue weighted by Crippen LogP contribution is 2.36. The summed E-state index contributed by atoms with van der Waals surface area (Å²) in [6.07, 6.45) is -0.910. The summed E-state index contributed by atoms with van der Waals surface area (Å²) in [5.74, 6) is -3.53. The molecule has 0 atom stereocenters. The lowest BCUT2D eigenvalue weighted by atomic mass is 9.76. The lowest BCUT2D eigenvalue weighted by Gasteiger charge is -2.28. The molecular weight excluding hydrogens is 332 g/mol. The Morgan fingerprint density at radius 3 is 1.32 bits per heavy atom. The summed E-state index contributed by atoms with van der Waals surface area (Å²) in [7, 11) is 2.14. The number of carbonyl (C=O) groups excluding carboxylic acids is 4. The standard InChI is InChI=1S/C17H24O8/c1-7-24-13(18)11(3)9-17(15(20)22-5,16(21)23-6)10-12(4)14(19)25-8-2/h3-4,7-10H2,1-2,5-6H3. The third-order valence-electron chi connectivity index (χ3n) is 3.31. The molecule has 0 N–H and O–H groups in total. The summed E-state index contributed by atoms with van der Waals surface area (Å²) in [6, 6.07) is 0. The highest BCUT2D eigenvalue weighted by atomic mass is 16.6. The summed E-state index contributed by atoms with van der Waals surface area (Å²) in [6.45, 7) is 10.5. The van der Waals surface area contributed by atoms with Crippen LogP contribution in [0, 0.1) is 5.41 Å². The smallest absolute Gasteiger partial charge is 0.333 e. The van der Waals surface area contributed by atoms with Gasteiger partial charge in [0.1, 0.15) is 0 Å². The van der Waals surface area contributed by atoms with E-state index in [0.29, 0.717) is 0 Å². The SMILES string of the molecule is C=C(CC(CC(=C)C(=O)OCC)(C(=O)OC)C(=O)OC)C(=O)OCC. The van der Waals surface area contributed by atoms with Crippen molar-refractivity contribution in [2.24, 2.45) is 5.41 Å². The Bertz CT molecular complexity index is 511. The summed E-state index contributed by atoms with van der Waals surface area (Å²) < 4.78 is 19.0. The average Bonchev–Trinajstić information content (AvgIpc) is 2.59. The molecule has 0 aromatic rings. The molecule has 0 fully saturated rings. The van der Waals surface area contributed by atoms with Crippen LogP contribution in [0.5, 0.6) is 0 Å². The van der Waals surface area contributed by atoms with Crippen LogP contribution in [-0.4, -0.2) is 51.3 Å². The zero-order chi connectivity index (χ0) is 19.6. The minimum absolute atomic E-state index is 0.0941. The van der Waals surface area contributed by atoms with Crippen molar-refractivity contribution in [3.05, 3.63) is 24.3 Å². The number of methoxy groups -OCH3 is 2. The van der Waals surface area contributed by atoms with Crippen molar-refractivity contribution in [1.82, 2.24) is 0 Å². The van der Waals surface area contributed by atoms with Crippen molar-refractivity contribution in [2.45, 2.75) is 26.7 Å². The number of esters is 4. The van der Waals surface area contributed by atoms with Crippen LogP contribution < -0.4 is 0 Å². The van der Waals surface area contributed by atoms with Gasteiger partial charge in [-0.1, -0.05) is 13.2 Å². The predicted octanol–water partition coefficient (Wildman–Crippen LogP) is 1.34. The number of rotatable bonds is 10. The van der Waals surface area contributed by atoms with Crippen LogP contribution in [-0.2, 0) is 38.1 Å². The van der Waals surface area contributed by atoms with Gasteiger partial charge in [0.05, 0.1) is 27.4 Å². The van der Waals surface area contributed by atoms with E-state index in [1.807, 2.05) is 0 Å². The van der Waals surface area contributed by atoms with Crippen LogP contribution in [0.15, 0.2) is 24.3 Å². The first-order valence-corrected chi connectivity index (χ1v) is 7.56. The maximum atomic E-state index is 12.4. The molecule has 0 aliphatic rings. The van der Waals surface area contributed by atoms with E-state index in [0.717, 1.165) is 14.2 Å². The molecule has 0 saturated heterocycles. The topological polar surface area (TPSA) is 105 Å². The molecule has 0 spiro atoms. The van der Waals surface area contributed by atoms with Gasteiger partial charge in [0.2, 0.25) is 0 Å². The van der Waals surface area contributed by atoms with Crippen LogP contribution in [0.25, 0.3) is 0 Å². The van der Waals surface area contributed by atoms with Crippen molar-refractivity contribution < 1.29 is 38.1 Å². The fraction of sp³-hybridized carbons (Fsp3) is 0.529. The maximum absolute atomic E-state index is 12.4. The first kappa shape index (κ1) is 22.4. The van der Waals surface area contributed by atoms with Gasteiger partial charge in [0.15, 0.2) is 5.41 Å². The highest BCUT2D eigenvalue weighted by molar-refractivity contribution is 6.03. The van der Waals surface area contributed by atoms with Crippen molar-refractivity contribution in [1.29, 1.82) is 0 Å². The van der Waals surface area contributed by atoms with Crippen LogP contribution >= 0.6 is 0 Å². The maximum Gasteiger partial charge on any atom is 0.333 e. The van der Waals surface area contributed by atoms with Gasteiger partial charge in [-0.2, -0.15) is 0 Å². The zero-order valence-corrected chi connectivity index (χ0v) is 15.0. The Morgan fingerprint density at radius 1 is 0.760 bits per heavy atom. The molecule has 0 aromatic carbocycles. The van der Waals surface area contributed by atoms with Gasteiger partial charge in [-0.3, -0.25) is 9.59 Å². The van der Waals surface area contributed by atoms with Gasteiger partial charge < -0.3 is 18.9 Å². The third-order valence-corrected chi connectivity index (χ3v) is 3.31. The molecule has 25 heavy (non-hydrogen) atoms. The van der Waals surface area contributed by atoms with Crippen LogP contribution in [0.3, 0.4) is 0 Å². The van der Waals surface area contributed by atoms with E-state index in [4.69, 9.17) is 18.9 Å². The average molecular weight is 356 g/mol. The molecule has 0 aliphatic carbocycles. The molecule has 0 heterocycles. The fourth-order valence-corrected chi connectivity index (χ4v) is 2.16. The van der Waals surface area contributed by atoms with Gasteiger partial charge in [0, 0.05) is 24.0 Å². The Morgan fingerprint density at radius 2 is 1.08 bits per heavy atom. The van der Waals surface area contributed by atoms with Crippen molar-refractivity contribution in [3.8, 4) is 0 Å². The van der Waals surface area contributed by atoms with Crippen LogP contribution in [0.1, 0.15) is 26.7 Å². The monoisotopic (exact) mass is 356 g/mol. The number of ether oxygens (including phenoxy) is 4. The van der Waals surface area contributed by atoms with E-state index < -0.39 is 42.1 Å². The number of hydrogen-bond donors (Lipinski definition) is 0. The number of hydrogen-bond acceptors (Lipinski definition) is 8. The van der Waals surface area contributed by atoms with Crippen LogP contribution in [0.4, 0.5) is 0 Å². The van der Waals surface area contributed by atoms with E-state index in [-0.39, 0.29) is 24.4 Å². The van der Waals surface area contributed by atoms with E-state index >= 15 is 0 Å². The Balaban J connectivity index is 5.82. The van der Waals surface area contributed by atoms with E-state index in [9.17, 15) is 19.2 Å². The summed E-state index contributed by atoms with van der Waals surface area (Å²) in [5.41, 5.74) is -2.29. The lowest BCUT2D eigenvalue weighted by molar-refractivity contribution is -0.169. The minimum Gasteiger partial charge on any atom is -0.468 e. The quantitative estimate of drug-likeness (QED) is 0.250. The second kappa shape index (κ2) is 10.3. The fourth-order valence-electron chi connectivity index (χ4n) is 2.16. The normalized spacial score (nSPS) is 10.4. The zero-order valence-electron chi connectivity index (χ0n) is 15.0. The van der Waals surface area contributed by atoms with E-state index in [1.54, 1.807) is 13.8 Å². The van der Waals surface area contributed by atoms with Crippen LogP contribution in [0.2, 0.25) is 0 Å². The lowest BCUT2D eigenvalue weighted by Crippen LogP contribution is -2.43. The van der Waals surface area contributed by atoms with Gasteiger partial charge in [-0.15, -0.1) is 0 Å².